The van der Waals surface area contributed by atoms with Gasteiger partial charge in [0, 0.05) is 18.6 Å². The third kappa shape index (κ3) is 2.78. The fourth-order valence-electron chi connectivity index (χ4n) is 3.72. The minimum atomic E-state index is 0.456. The van der Waals surface area contributed by atoms with Gasteiger partial charge in [0.15, 0.2) is 0 Å². The maximum atomic E-state index is 5.79. The van der Waals surface area contributed by atoms with Crippen molar-refractivity contribution in [3.63, 3.8) is 0 Å². The van der Waals surface area contributed by atoms with Gasteiger partial charge in [-0.25, -0.2) is 0 Å². The van der Waals surface area contributed by atoms with Crippen molar-refractivity contribution < 1.29 is 4.74 Å². The molecule has 0 amide bonds. The molecule has 1 aliphatic carbocycles. The number of rotatable bonds is 3. The lowest BCUT2D eigenvalue weighted by atomic mass is 9.68. The lowest BCUT2D eigenvalue weighted by Crippen LogP contribution is -2.45. The van der Waals surface area contributed by atoms with Gasteiger partial charge in [0.05, 0.1) is 6.61 Å². The highest BCUT2D eigenvalue weighted by Gasteiger charge is 2.39. The SMILES string of the molecule is CNCC1(C2CCCCCC2)CCCOC1. The summed E-state index contributed by atoms with van der Waals surface area (Å²) < 4.78 is 5.79. The van der Waals surface area contributed by atoms with E-state index in [1.54, 1.807) is 0 Å². The number of ether oxygens (including phenoxy) is 1. The maximum absolute atomic E-state index is 5.79. The average molecular weight is 225 g/mol. The van der Waals surface area contributed by atoms with Crippen LogP contribution in [0.25, 0.3) is 0 Å². The molecule has 0 aromatic rings. The molecule has 0 aromatic carbocycles. The van der Waals surface area contributed by atoms with Crippen molar-refractivity contribution in [2.24, 2.45) is 11.3 Å². The second kappa shape index (κ2) is 6.02. The molecule has 16 heavy (non-hydrogen) atoms. The first-order valence-electron chi connectivity index (χ1n) is 7.10. The predicted octanol–water partition coefficient (Wildman–Crippen LogP) is 2.97. The summed E-state index contributed by atoms with van der Waals surface area (Å²) in [4.78, 5) is 0. The third-order valence-electron chi connectivity index (χ3n) is 4.60. The first-order chi connectivity index (χ1) is 7.87. The van der Waals surface area contributed by atoms with Crippen molar-refractivity contribution >= 4 is 0 Å². The van der Waals surface area contributed by atoms with E-state index in [9.17, 15) is 0 Å². The van der Waals surface area contributed by atoms with Crippen LogP contribution in [0.15, 0.2) is 0 Å². The molecule has 2 aliphatic rings. The summed E-state index contributed by atoms with van der Waals surface area (Å²) in [5.41, 5.74) is 0.456. The van der Waals surface area contributed by atoms with E-state index in [-0.39, 0.29) is 0 Å². The molecular weight excluding hydrogens is 198 g/mol. The Kier molecular flexibility index (Phi) is 4.66. The molecule has 1 saturated heterocycles. The van der Waals surface area contributed by atoms with Crippen LogP contribution in [-0.4, -0.2) is 26.8 Å². The second-order valence-corrected chi connectivity index (χ2v) is 5.74. The number of nitrogens with one attached hydrogen (secondary N) is 1. The Hall–Kier alpha value is -0.0800. The summed E-state index contributed by atoms with van der Waals surface area (Å²) >= 11 is 0. The zero-order valence-electron chi connectivity index (χ0n) is 10.8. The van der Waals surface area contributed by atoms with Gasteiger partial charge in [-0.3, -0.25) is 0 Å². The van der Waals surface area contributed by atoms with E-state index in [1.807, 2.05) is 0 Å². The maximum Gasteiger partial charge on any atom is 0.0537 e. The Morgan fingerprint density at radius 3 is 2.44 bits per heavy atom. The largest absolute Gasteiger partial charge is 0.381 e. The molecule has 1 aliphatic heterocycles. The number of hydrogen-bond donors (Lipinski definition) is 1. The second-order valence-electron chi connectivity index (χ2n) is 5.74. The molecular formula is C14H27NO. The van der Waals surface area contributed by atoms with Crippen LogP contribution in [0.4, 0.5) is 0 Å². The van der Waals surface area contributed by atoms with Gasteiger partial charge in [0.1, 0.15) is 0 Å². The van der Waals surface area contributed by atoms with Crippen LogP contribution in [0.1, 0.15) is 51.4 Å². The van der Waals surface area contributed by atoms with Crippen molar-refractivity contribution in [3.05, 3.63) is 0 Å². The Morgan fingerprint density at radius 2 is 1.88 bits per heavy atom. The zero-order valence-corrected chi connectivity index (χ0v) is 10.8. The molecule has 1 unspecified atom stereocenters. The van der Waals surface area contributed by atoms with Crippen LogP contribution < -0.4 is 5.32 Å². The summed E-state index contributed by atoms with van der Waals surface area (Å²) in [6.07, 6.45) is 11.3. The average Bonchev–Trinajstić information content (AvgIpc) is 2.59. The molecule has 2 rings (SSSR count). The molecule has 2 fully saturated rings. The lowest BCUT2D eigenvalue weighted by Gasteiger charge is -2.43. The lowest BCUT2D eigenvalue weighted by molar-refractivity contribution is -0.0448. The van der Waals surface area contributed by atoms with Crippen LogP contribution in [0.3, 0.4) is 0 Å². The highest BCUT2D eigenvalue weighted by molar-refractivity contribution is 4.90. The van der Waals surface area contributed by atoms with Crippen molar-refractivity contribution in [2.75, 3.05) is 26.8 Å². The number of hydrogen-bond acceptors (Lipinski definition) is 2. The van der Waals surface area contributed by atoms with E-state index in [2.05, 4.69) is 12.4 Å². The summed E-state index contributed by atoms with van der Waals surface area (Å²) in [6, 6.07) is 0. The molecule has 0 radical (unpaired) electrons. The van der Waals surface area contributed by atoms with E-state index in [4.69, 9.17) is 4.74 Å². The van der Waals surface area contributed by atoms with Gasteiger partial charge in [0.2, 0.25) is 0 Å². The molecule has 0 spiro atoms. The first kappa shape index (κ1) is 12.4. The fourth-order valence-corrected chi connectivity index (χ4v) is 3.72. The molecule has 2 heteroatoms. The Morgan fingerprint density at radius 1 is 1.12 bits per heavy atom. The minimum Gasteiger partial charge on any atom is -0.381 e. The topological polar surface area (TPSA) is 21.3 Å². The van der Waals surface area contributed by atoms with Gasteiger partial charge in [0.25, 0.3) is 0 Å². The molecule has 94 valence electrons. The molecule has 1 saturated carbocycles. The van der Waals surface area contributed by atoms with Crippen LogP contribution in [0.2, 0.25) is 0 Å². The molecule has 0 bridgehead atoms. The Labute approximate surface area is 100 Å². The van der Waals surface area contributed by atoms with Crippen LogP contribution in [-0.2, 0) is 4.74 Å². The molecule has 2 nitrogen and oxygen atoms in total. The summed E-state index contributed by atoms with van der Waals surface area (Å²) in [6.45, 7) is 3.13. The highest BCUT2D eigenvalue weighted by atomic mass is 16.5. The fraction of sp³-hybridized carbons (Fsp3) is 1.00. The minimum absolute atomic E-state index is 0.456. The third-order valence-corrected chi connectivity index (χ3v) is 4.60. The zero-order chi connectivity index (χ0) is 11.3. The molecule has 1 atom stereocenters. The monoisotopic (exact) mass is 225 g/mol. The van der Waals surface area contributed by atoms with Crippen molar-refractivity contribution in [3.8, 4) is 0 Å². The van der Waals surface area contributed by atoms with Gasteiger partial charge in [-0.1, -0.05) is 25.7 Å². The molecule has 1 N–H and O–H groups in total. The highest BCUT2D eigenvalue weighted by Crippen LogP contribution is 2.42. The van der Waals surface area contributed by atoms with Crippen molar-refractivity contribution in [1.82, 2.24) is 5.32 Å². The van der Waals surface area contributed by atoms with Crippen molar-refractivity contribution in [2.45, 2.75) is 51.4 Å². The Balaban J connectivity index is 2.03. The normalized spacial score (nSPS) is 33.6. The van der Waals surface area contributed by atoms with Gasteiger partial charge in [-0.15, -0.1) is 0 Å². The van der Waals surface area contributed by atoms with Crippen LogP contribution in [0, 0.1) is 11.3 Å². The van der Waals surface area contributed by atoms with E-state index in [0.717, 1.165) is 25.7 Å². The predicted molar refractivity (Wildman–Crippen MR) is 67.6 cm³/mol. The Bertz CT molecular complexity index is 185. The summed E-state index contributed by atoms with van der Waals surface area (Å²) in [7, 11) is 2.09. The molecule has 1 heterocycles. The van der Waals surface area contributed by atoms with Crippen LogP contribution >= 0.6 is 0 Å². The van der Waals surface area contributed by atoms with E-state index < -0.39 is 0 Å². The quantitative estimate of drug-likeness (QED) is 0.746. The summed E-state index contributed by atoms with van der Waals surface area (Å²) in [5, 5.41) is 3.42. The molecule has 0 aromatic heterocycles. The first-order valence-corrected chi connectivity index (χ1v) is 7.10. The van der Waals surface area contributed by atoms with Gasteiger partial charge < -0.3 is 10.1 Å². The van der Waals surface area contributed by atoms with E-state index in [0.29, 0.717) is 5.41 Å². The van der Waals surface area contributed by atoms with E-state index >= 15 is 0 Å². The smallest absolute Gasteiger partial charge is 0.0537 e. The van der Waals surface area contributed by atoms with Gasteiger partial charge in [-0.2, -0.15) is 0 Å². The van der Waals surface area contributed by atoms with Gasteiger partial charge >= 0.3 is 0 Å². The summed E-state index contributed by atoms with van der Waals surface area (Å²) in [5.74, 6) is 0.905. The standard InChI is InChI=1S/C14H27NO/c1-15-11-14(9-6-10-16-12-14)13-7-4-2-3-5-8-13/h13,15H,2-12H2,1H3. The van der Waals surface area contributed by atoms with Gasteiger partial charge in [-0.05, 0) is 38.6 Å². The van der Waals surface area contributed by atoms with E-state index in [1.165, 1.54) is 51.4 Å². The van der Waals surface area contributed by atoms with Crippen molar-refractivity contribution in [1.29, 1.82) is 0 Å². The van der Waals surface area contributed by atoms with Crippen LogP contribution in [0.5, 0.6) is 0 Å².